The smallest absolute Gasteiger partial charge is 0.331 e. The van der Waals surface area contributed by atoms with E-state index in [1.54, 1.807) is 6.08 Å². The number of sulfone groups is 1. The second-order valence-corrected chi connectivity index (χ2v) is 7.64. The lowest BCUT2D eigenvalue weighted by atomic mass is 10.2. The van der Waals surface area contributed by atoms with Crippen LogP contribution in [0.1, 0.15) is 12.0 Å². The van der Waals surface area contributed by atoms with Crippen LogP contribution in [0.4, 0.5) is 0 Å². The van der Waals surface area contributed by atoms with Gasteiger partial charge in [-0.3, -0.25) is 4.79 Å². The van der Waals surface area contributed by atoms with Gasteiger partial charge in [0.1, 0.15) is 0 Å². The van der Waals surface area contributed by atoms with E-state index in [-0.39, 0.29) is 17.5 Å². The molecule has 23 heavy (non-hydrogen) atoms. The van der Waals surface area contributed by atoms with E-state index in [0.717, 1.165) is 5.56 Å². The number of rotatable bonds is 5. The average molecular weight is 337 g/mol. The first kappa shape index (κ1) is 17.2. The Bertz CT molecular complexity index is 696. The lowest BCUT2D eigenvalue weighted by Gasteiger charge is -2.22. The molecule has 0 radical (unpaired) electrons. The Kier molecular flexibility index (Phi) is 5.54. The van der Waals surface area contributed by atoms with Gasteiger partial charge in [0, 0.05) is 19.2 Å². The van der Waals surface area contributed by atoms with Gasteiger partial charge in [-0.15, -0.1) is 0 Å². The van der Waals surface area contributed by atoms with Crippen molar-refractivity contribution < 1.29 is 22.7 Å². The minimum atomic E-state index is -3.06. The Morgan fingerprint density at radius 3 is 2.61 bits per heavy atom. The Morgan fingerprint density at radius 1 is 1.30 bits per heavy atom. The maximum atomic E-state index is 11.9. The highest BCUT2D eigenvalue weighted by molar-refractivity contribution is 7.91. The predicted molar refractivity (Wildman–Crippen MR) is 86.3 cm³/mol. The molecular formula is C16H19NO5S. The summed E-state index contributed by atoms with van der Waals surface area (Å²) in [6, 6.07) is 8.89. The summed E-state index contributed by atoms with van der Waals surface area (Å²) >= 11 is 0. The first-order valence-electron chi connectivity index (χ1n) is 7.23. The van der Waals surface area contributed by atoms with E-state index in [2.05, 4.69) is 0 Å². The van der Waals surface area contributed by atoms with Gasteiger partial charge in [-0.1, -0.05) is 30.3 Å². The zero-order valence-corrected chi connectivity index (χ0v) is 13.7. The molecule has 0 saturated carbocycles. The molecule has 2 rings (SSSR count). The molecule has 1 atom stereocenters. The number of hydrogen-bond acceptors (Lipinski definition) is 5. The zero-order valence-electron chi connectivity index (χ0n) is 12.8. The van der Waals surface area contributed by atoms with Crippen LogP contribution in [0.5, 0.6) is 0 Å². The highest BCUT2D eigenvalue weighted by Crippen LogP contribution is 2.16. The first-order chi connectivity index (χ1) is 10.9. The van der Waals surface area contributed by atoms with E-state index in [4.69, 9.17) is 4.74 Å². The Balaban J connectivity index is 1.80. The van der Waals surface area contributed by atoms with Crippen LogP contribution in [0, 0.1) is 0 Å². The summed E-state index contributed by atoms with van der Waals surface area (Å²) in [6.07, 6.45) is 3.27. The number of benzene rings is 1. The minimum absolute atomic E-state index is 0.0307. The summed E-state index contributed by atoms with van der Waals surface area (Å²) in [6.45, 7) is -0.398. The molecule has 0 bridgehead atoms. The minimum Gasteiger partial charge on any atom is -0.452 e. The van der Waals surface area contributed by atoms with Gasteiger partial charge in [0.25, 0.3) is 5.91 Å². The fraction of sp³-hybridized carbons (Fsp3) is 0.375. The van der Waals surface area contributed by atoms with Crippen molar-refractivity contribution in [2.24, 2.45) is 0 Å². The standard InChI is InChI=1S/C16H19NO5S/c1-17(14-9-10-23(20,21)12-14)15(18)11-22-16(19)8-7-13-5-3-2-4-6-13/h2-8,14H,9-12H2,1H3/b8-7-/t14-/m1/s1. The second-order valence-electron chi connectivity index (χ2n) is 5.41. The van der Waals surface area contributed by atoms with Crippen molar-refractivity contribution in [2.45, 2.75) is 12.5 Å². The molecule has 1 aliphatic rings. The highest BCUT2D eigenvalue weighted by Gasteiger charge is 2.32. The molecule has 1 saturated heterocycles. The maximum Gasteiger partial charge on any atom is 0.331 e. The lowest BCUT2D eigenvalue weighted by Crippen LogP contribution is -2.40. The van der Waals surface area contributed by atoms with Crippen LogP contribution < -0.4 is 0 Å². The van der Waals surface area contributed by atoms with Crippen LogP contribution in [0.2, 0.25) is 0 Å². The molecule has 0 spiro atoms. The van der Waals surface area contributed by atoms with Gasteiger partial charge >= 0.3 is 5.97 Å². The molecule has 0 unspecified atom stereocenters. The molecule has 0 N–H and O–H groups in total. The van der Waals surface area contributed by atoms with E-state index in [9.17, 15) is 18.0 Å². The van der Waals surface area contributed by atoms with Crippen molar-refractivity contribution in [1.29, 1.82) is 0 Å². The van der Waals surface area contributed by atoms with E-state index < -0.39 is 28.3 Å². The summed E-state index contributed by atoms with van der Waals surface area (Å²) in [5.74, 6) is -0.963. The number of ether oxygens (including phenoxy) is 1. The van der Waals surface area contributed by atoms with Gasteiger partial charge in [0.2, 0.25) is 0 Å². The summed E-state index contributed by atoms with van der Waals surface area (Å²) in [5.41, 5.74) is 0.851. The molecule has 0 aliphatic carbocycles. The quantitative estimate of drug-likeness (QED) is 0.589. The Morgan fingerprint density at radius 2 is 2.00 bits per heavy atom. The summed E-state index contributed by atoms with van der Waals surface area (Å²) in [4.78, 5) is 24.9. The molecule has 124 valence electrons. The highest BCUT2D eigenvalue weighted by atomic mass is 32.2. The zero-order chi connectivity index (χ0) is 16.9. The number of nitrogens with zero attached hydrogens (tertiary/aromatic N) is 1. The van der Waals surface area contributed by atoms with Gasteiger partial charge in [-0.05, 0) is 18.1 Å². The van der Waals surface area contributed by atoms with Crippen LogP contribution >= 0.6 is 0 Å². The van der Waals surface area contributed by atoms with Gasteiger partial charge in [0.15, 0.2) is 16.4 Å². The largest absolute Gasteiger partial charge is 0.452 e. The second kappa shape index (κ2) is 7.41. The first-order valence-corrected chi connectivity index (χ1v) is 9.05. The van der Waals surface area contributed by atoms with Gasteiger partial charge in [-0.2, -0.15) is 0 Å². The molecular weight excluding hydrogens is 318 g/mol. The summed E-state index contributed by atoms with van der Waals surface area (Å²) in [7, 11) is -1.53. The molecule has 1 fully saturated rings. The SMILES string of the molecule is CN(C(=O)COC(=O)/C=C\c1ccccc1)[C@@H]1CCS(=O)(=O)C1. The molecule has 7 heteroatoms. The number of amides is 1. The van der Waals surface area contributed by atoms with Gasteiger partial charge in [-0.25, -0.2) is 13.2 Å². The molecule has 1 amide bonds. The van der Waals surface area contributed by atoms with Crippen molar-refractivity contribution in [3.8, 4) is 0 Å². The monoisotopic (exact) mass is 337 g/mol. The number of carbonyl (C=O) groups is 2. The molecule has 1 aromatic carbocycles. The Hall–Kier alpha value is -2.15. The lowest BCUT2D eigenvalue weighted by molar-refractivity contribution is -0.148. The third-order valence-electron chi connectivity index (χ3n) is 3.70. The van der Waals surface area contributed by atoms with Crippen molar-refractivity contribution in [3.05, 3.63) is 42.0 Å². The normalized spacial score (nSPS) is 19.6. The third kappa shape index (κ3) is 5.21. The van der Waals surface area contributed by atoms with Crippen LogP contribution in [0.3, 0.4) is 0 Å². The predicted octanol–water partition coefficient (Wildman–Crippen LogP) is 0.889. The van der Waals surface area contributed by atoms with Gasteiger partial charge < -0.3 is 9.64 Å². The molecule has 1 heterocycles. The number of carbonyl (C=O) groups excluding carboxylic acids is 2. The van der Waals surface area contributed by atoms with E-state index >= 15 is 0 Å². The summed E-state index contributed by atoms with van der Waals surface area (Å²) in [5, 5.41) is 0. The van der Waals surface area contributed by atoms with E-state index in [1.165, 1.54) is 18.0 Å². The van der Waals surface area contributed by atoms with Crippen molar-refractivity contribution >= 4 is 27.8 Å². The molecule has 1 aliphatic heterocycles. The van der Waals surface area contributed by atoms with Crippen LogP contribution in [0.25, 0.3) is 6.08 Å². The number of likely N-dealkylation sites (N-methyl/N-ethyl adjacent to an activating group) is 1. The Labute approximate surface area is 135 Å². The van der Waals surface area contributed by atoms with Crippen LogP contribution in [0.15, 0.2) is 36.4 Å². The third-order valence-corrected chi connectivity index (χ3v) is 5.45. The van der Waals surface area contributed by atoms with E-state index in [0.29, 0.717) is 6.42 Å². The molecule has 6 nitrogen and oxygen atoms in total. The number of esters is 1. The average Bonchev–Trinajstić information content (AvgIpc) is 2.90. The topological polar surface area (TPSA) is 80.8 Å². The van der Waals surface area contributed by atoms with E-state index in [1.807, 2.05) is 30.3 Å². The van der Waals surface area contributed by atoms with Crippen LogP contribution in [-0.4, -0.2) is 56.4 Å². The molecule has 0 aromatic heterocycles. The molecule has 1 aromatic rings. The van der Waals surface area contributed by atoms with Crippen molar-refractivity contribution in [3.63, 3.8) is 0 Å². The fourth-order valence-corrected chi connectivity index (χ4v) is 4.07. The summed E-state index contributed by atoms with van der Waals surface area (Å²) < 4.78 is 27.7. The maximum absolute atomic E-state index is 11.9. The fourth-order valence-electron chi connectivity index (χ4n) is 2.30. The van der Waals surface area contributed by atoms with Gasteiger partial charge in [0.05, 0.1) is 11.5 Å². The van der Waals surface area contributed by atoms with Crippen molar-refractivity contribution in [1.82, 2.24) is 4.90 Å². The van der Waals surface area contributed by atoms with Crippen molar-refractivity contribution in [2.75, 3.05) is 25.2 Å². The number of hydrogen-bond donors (Lipinski definition) is 0. The van der Waals surface area contributed by atoms with Crippen LogP contribution in [-0.2, 0) is 24.2 Å².